The summed E-state index contributed by atoms with van der Waals surface area (Å²) in [5.41, 5.74) is 7.49. The predicted octanol–water partition coefficient (Wildman–Crippen LogP) is 4.30. The number of nitrogens with one attached hydrogen (secondary N) is 1. The van der Waals surface area contributed by atoms with Crippen LogP contribution in [-0.4, -0.2) is 21.1 Å². The minimum atomic E-state index is 0.209. The second kappa shape index (κ2) is 4.70. The lowest BCUT2D eigenvalue weighted by Gasteiger charge is -2.36. The molecule has 1 aromatic carbocycles. The lowest BCUT2D eigenvalue weighted by Crippen LogP contribution is -2.28. The third-order valence-corrected chi connectivity index (χ3v) is 5.55. The summed E-state index contributed by atoms with van der Waals surface area (Å²) in [6.45, 7) is 4.37. The first-order valence-electron chi connectivity index (χ1n) is 8.08. The van der Waals surface area contributed by atoms with E-state index >= 15 is 0 Å². The lowest BCUT2D eigenvalue weighted by atomic mass is 9.67. The van der Waals surface area contributed by atoms with Crippen molar-refractivity contribution in [3.63, 3.8) is 0 Å². The van der Waals surface area contributed by atoms with Crippen molar-refractivity contribution in [3.05, 3.63) is 35.0 Å². The molecule has 0 radical (unpaired) electrons. The summed E-state index contributed by atoms with van der Waals surface area (Å²) >= 11 is 0. The van der Waals surface area contributed by atoms with Gasteiger partial charge in [-0.1, -0.05) is 24.6 Å². The molecule has 0 spiro atoms. The maximum Gasteiger partial charge on any atom is 0.0828 e. The fraction of sp³-hybridized carbons (Fsp3) is 0.444. The smallest absolute Gasteiger partial charge is 0.0828 e. The van der Waals surface area contributed by atoms with Gasteiger partial charge in [0, 0.05) is 10.8 Å². The fourth-order valence-corrected chi connectivity index (χ4v) is 4.66. The number of hydrogen-bond acceptors (Lipinski definition) is 3. The SMILES string of the molecule is CCCC12CC/C(=N\O)C(C)=C1c1ccc3[nH]ncc3c1C2. The van der Waals surface area contributed by atoms with Crippen LogP contribution in [0.5, 0.6) is 0 Å². The Morgan fingerprint density at radius 2 is 2.27 bits per heavy atom. The highest BCUT2D eigenvalue weighted by molar-refractivity contribution is 6.10. The van der Waals surface area contributed by atoms with Gasteiger partial charge in [0.1, 0.15) is 0 Å². The van der Waals surface area contributed by atoms with Crippen molar-refractivity contribution >= 4 is 22.2 Å². The lowest BCUT2D eigenvalue weighted by molar-refractivity contribution is 0.309. The van der Waals surface area contributed by atoms with Gasteiger partial charge in [-0.05, 0) is 60.9 Å². The van der Waals surface area contributed by atoms with E-state index in [-0.39, 0.29) is 5.41 Å². The zero-order valence-electron chi connectivity index (χ0n) is 13.1. The largest absolute Gasteiger partial charge is 0.411 e. The maximum atomic E-state index is 9.32. The molecule has 4 heteroatoms. The Balaban J connectivity index is 2.02. The summed E-state index contributed by atoms with van der Waals surface area (Å²) in [6, 6.07) is 4.33. The minimum Gasteiger partial charge on any atom is -0.411 e. The molecular formula is C18H21N3O. The molecule has 1 unspecified atom stereocenters. The van der Waals surface area contributed by atoms with E-state index in [0.29, 0.717) is 0 Å². The van der Waals surface area contributed by atoms with Crippen molar-refractivity contribution in [1.29, 1.82) is 0 Å². The molecule has 2 N–H and O–H groups in total. The Hall–Kier alpha value is -2.10. The Labute approximate surface area is 129 Å². The Morgan fingerprint density at radius 1 is 1.41 bits per heavy atom. The molecule has 4 nitrogen and oxygen atoms in total. The summed E-state index contributed by atoms with van der Waals surface area (Å²) in [4.78, 5) is 0. The molecule has 0 aliphatic heterocycles. The molecule has 22 heavy (non-hydrogen) atoms. The fourth-order valence-electron chi connectivity index (χ4n) is 4.66. The highest BCUT2D eigenvalue weighted by atomic mass is 16.4. The molecule has 2 aliphatic rings. The number of rotatable bonds is 2. The second-order valence-electron chi connectivity index (χ2n) is 6.68. The zero-order chi connectivity index (χ0) is 15.3. The molecule has 1 aromatic heterocycles. The summed E-state index contributed by atoms with van der Waals surface area (Å²) in [5.74, 6) is 0. The van der Waals surface area contributed by atoms with Crippen LogP contribution in [-0.2, 0) is 6.42 Å². The van der Waals surface area contributed by atoms with Gasteiger partial charge in [0.15, 0.2) is 0 Å². The predicted molar refractivity (Wildman–Crippen MR) is 88.2 cm³/mol. The van der Waals surface area contributed by atoms with Gasteiger partial charge in [-0.3, -0.25) is 5.10 Å². The second-order valence-corrected chi connectivity index (χ2v) is 6.68. The monoisotopic (exact) mass is 295 g/mol. The Kier molecular flexibility index (Phi) is 2.90. The number of fused-ring (bicyclic) bond motifs is 5. The molecule has 0 amide bonds. The molecule has 2 aromatic rings. The molecule has 2 aliphatic carbocycles. The molecule has 1 heterocycles. The van der Waals surface area contributed by atoms with E-state index in [1.807, 2.05) is 6.20 Å². The first kappa shape index (κ1) is 13.6. The number of oxime groups is 1. The number of hydrogen-bond donors (Lipinski definition) is 2. The average Bonchev–Trinajstić information content (AvgIpc) is 3.09. The number of allylic oxidation sites excluding steroid dienone is 2. The van der Waals surface area contributed by atoms with Crippen molar-refractivity contribution in [2.45, 2.75) is 46.0 Å². The van der Waals surface area contributed by atoms with Gasteiger partial charge < -0.3 is 5.21 Å². The molecule has 0 saturated heterocycles. The van der Waals surface area contributed by atoms with Crippen LogP contribution in [0.2, 0.25) is 0 Å². The Morgan fingerprint density at radius 3 is 3.05 bits per heavy atom. The van der Waals surface area contributed by atoms with Crippen LogP contribution >= 0.6 is 0 Å². The molecule has 0 bridgehead atoms. The molecule has 1 atom stereocenters. The van der Waals surface area contributed by atoms with Crippen LogP contribution in [0.15, 0.2) is 29.1 Å². The number of benzene rings is 1. The van der Waals surface area contributed by atoms with Gasteiger partial charge in [-0.25, -0.2) is 0 Å². The van der Waals surface area contributed by atoms with Gasteiger partial charge in [0.2, 0.25) is 0 Å². The minimum absolute atomic E-state index is 0.209. The van der Waals surface area contributed by atoms with Gasteiger partial charge in [-0.2, -0.15) is 5.10 Å². The average molecular weight is 295 g/mol. The third-order valence-electron chi connectivity index (χ3n) is 5.55. The maximum absolute atomic E-state index is 9.32. The number of nitrogens with zero attached hydrogens (tertiary/aromatic N) is 2. The van der Waals surface area contributed by atoms with Gasteiger partial charge >= 0.3 is 0 Å². The summed E-state index contributed by atoms with van der Waals surface area (Å²) in [5, 5.41) is 21.4. The van der Waals surface area contributed by atoms with E-state index in [0.717, 1.165) is 30.5 Å². The van der Waals surface area contributed by atoms with Crippen molar-refractivity contribution in [2.24, 2.45) is 10.6 Å². The first-order valence-corrected chi connectivity index (χ1v) is 8.08. The highest BCUT2D eigenvalue weighted by Gasteiger charge is 2.45. The van der Waals surface area contributed by atoms with Crippen LogP contribution in [0.4, 0.5) is 0 Å². The molecule has 0 fully saturated rings. The van der Waals surface area contributed by atoms with Crippen LogP contribution in [0, 0.1) is 5.41 Å². The van der Waals surface area contributed by atoms with Gasteiger partial charge in [-0.15, -0.1) is 0 Å². The third kappa shape index (κ3) is 1.64. The van der Waals surface area contributed by atoms with Crippen molar-refractivity contribution in [3.8, 4) is 0 Å². The normalized spacial score (nSPS) is 25.8. The van der Waals surface area contributed by atoms with E-state index in [1.165, 1.54) is 40.5 Å². The van der Waals surface area contributed by atoms with Crippen LogP contribution < -0.4 is 0 Å². The van der Waals surface area contributed by atoms with E-state index in [1.54, 1.807) is 0 Å². The standard InChI is InChI=1S/C18H21N3O/c1-3-7-18-8-6-15(21-22)11(2)17(18)12-4-5-16-14(10-19-20-16)13(12)9-18/h4-5,10,22H,3,6-9H2,1-2H3,(H,19,20)/b21-15+. The van der Waals surface area contributed by atoms with Gasteiger partial charge in [0.25, 0.3) is 0 Å². The highest BCUT2D eigenvalue weighted by Crippen LogP contribution is 2.57. The molecule has 4 rings (SSSR count). The van der Waals surface area contributed by atoms with E-state index < -0.39 is 0 Å². The molecule has 0 saturated carbocycles. The zero-order valence-corrected chi connectivity index (χ0v) is 13.1. The Bertz CT molecular complexity index is 815. The number of H-pyrrole nitrogens is 1. The summed E-state index contributed by atoms with van der Waals surface area (Å²) in [6.07, 6.45) is 7.33. The van der Waals surface area contributed by atoms with Gasteiger partial charge in [0.05, 0.1) is 17.4 Å². The summed E-state index contributed by atoms with van der Waals surface area (Å²) in [7, 11) is 0. The van der Waals surface area contributed by atoms with E-state index in [2.05, 4.69) is 41.3 Å². The van der Waals surface area contributed by atoms with Crippen molar-refractivity contribution in [1.82, 2.24) is 10.2 Å². The molecular weight excluding hydrogens is 274 g/mol. The summed E-state index contributed by atoms with van der Waals surface area (Å²) < 4.78 is 0. The van der Waals surface area contributed by atoms with Crippen LogP contribution in [0.25, 0.3) is 16.5 Å². The number of aromatic nitrogens is 2. The first-order chi connectivity index (χ1) is 10.7. The van der Waals surface area contributed by atoms with Crippen molar-refractivity contribution < 1.29 is 5.21 Å². The molecule has 114 valence electrons. The van der Waals surface area contributed by atoms with Crippen LogP contribution in [0.1, 0.15) is 50.7 Å². The van der Waals surface area contributed by atoms with Crippen LogP contribution in [0.3, 0.4) is 0 Å². The van der Waals surface area contributed by atoms with Crippen molar-refractivity contribution in [2.75, 3.05) is 0 Å². The number of aromatic amines is 1. The van der Waals surface area contributed by atoms with E-state index in [9.17, 15) is 5.21 Å². The quantitative estimate of drug-likeness (QED) is 0.641. The topological polar surface area (TPSA) is 61.3 Å². The van der Waals surface area contributed by atoms with E-state index in [4.69, 9.17) is 0 Å².